The van der Waals surface area contributed by atoms with Crippen LogP contribution >= 0.6 is 0 Å². The minimum Gasteiger partial charge on any atom is -0.493 e. The highest BCUT2D eigenvalue weighted by molar-refractivity contribution is 7.91. The standard InChI is InChI=1S/C14H22O4S/c1-11(2)19(16,17)9-8-18-14-6-4-13(5-7-14)10-12(3)15/h4-7,11-12,15H,8-10H2,1-3H3. The summed E-state index contributed by atoms with van der Waals surface area (Å²) in [6, 6.07) is 7.33. The maximum Gasteiger partial charge on any atom is 0.155 e. The van der Waals surface area contributed by atoms with Gasteiger partial charge in [-0.05, 0) is 44.9 Å². The lowest BCUT2D eigenvalue weighted by Gasteiger charge is -2.10. The Labute approximate surface area is 115 Å². The molecule has 1 unspecified atom stereocenters. The van der Waals surface area contributed by atoms with Crippen LogP contribution in [-0.2, 0) is 16.3 Å². The van der Waals surface area contributed by atoms with E-state index in [2.05, 4.69) is 0 Å². The average molecular weight is 286 g/mol. The maximum absolute atomic E-state index is 11.6. The van der Waals surface area contributed by atoms with Gasteiger partial charge in [0.2, 0.25) is 0 Å². The van der Waals surface area contributed by atoms with Gasteiger partial charge in [-0.2, -0.15) is 0 Å². The molecule has 0 amide bonds. The van der Waals surface area contributed by atoms with Crippen LogP contribution in [0, 0.1) is 0 Å². The largest absolute Gasteiger partial charge is 0.493 e. The Morgan fingerprint density at radius 3 is 2.21 bits per heavy atom. The van der Waals surface area contributed by atoms with Crippen LogP contribution < -0.4 is 4.74 Å². The number of aliphatic hydroxyl groups is 1. The molecule has 0 fully saturated rings. The number of ether oxygens (including phenoxy) is 1. The number of hydrogen-bond acceptors (Lipinski definition) is 4. The quantitative estimate of drug-likeness (QED) is 0.830. The summed E-state index contributed by atoms with van der Waals surface area (Å²) < 4.78 is 28.6. The molecule has 1 N–H and O–H groups in total. The molecule has 0 saturated heterocycles. The maximum atomic E-state index is 11.6. The van der Waals surface area contributed by atoms with E-state index in [-0.39, 0.29) is 23.7 Å². The third kappa shape index (κ3) is 5.61. The van der Waals surface area contributed by atoms with E-state index in [1.54, 1.807) is 32.9 Å². The van der Waals surface area contributed by atoms with E-state index < -0.39 is 9.84 Å². The summed E-state index contributed by atoms with van der Waals surface area (Å²) in [6.45, 7) is 5.23. The second-order valence-corrected chi connectivity index (χ2v) is 7.64. The van der Waals surface area contributed by atoms with E-state index in [9.17, 15) is 13.5 Å². The fourth-order valence-electron chi connectivity index (χ4n) is 1.57. The Morgan fingerprint density at radius 2 is 1.74 bits per heavy atom. The van der Waals surface area contributed by atoms with Crippen LogP contribution in [0.15, 0.2) is 24.3 Å². The van der Waals surface area contributed by atoms with Gasteiger partial charge in [0.15, 0.2) is 9.84 Å². The molecule has 19 heavy (non-hydrogen) atoms. The summed E-state index contributed by atoms with van der Waals surface area (Å²) >= 11 is 0. The number of rotatable bonds is 7. The van der Waals surface area contributed by atoms with E-state index in [0.717, 1.165) is 5.56 Å². The molecular formula is C14H22O4S. The van der Waals surface area contributed by atoms with Crippen LogP contribution in [0.3, 0.4) is 0 Å². The van der Waals surface area contributed by atoms with Crippen LogP contribution in [0.2, 0.25) is 0 Å². The van der Waals surface area contributed by atoms with E-state index in [1.165, 1.54) is 0 Å². The van der Waals surface area contributed by atoms with Crippen LogP contribution in [0.4, 0.5) is 0 Å². The van der Waals surface area contributed by atoms with Crippen LogP contribution in [0.1, 0.15) is 26.3 Å². The average Bonchev–Trinajstić information content (AvgIpc) is 2.30. The molecule has 0 aliphatic carbocycles. The fraction of sp³-hybridized carbons (Fsp3) is 0.571. The van der Waals surface area contributed by atoms with Crippen molar-refractivity contribution in [2.45, 2.75) is 38.5 Å². The van der Waals surface area contributed by atoms with Gasteiger partial charge in [-0.25, -0.2) is 8.42 Å². The first kappa shape index (κ1) is 16.0. The molecule has 0 radical (unpaired) electrons. The molecule has 0 spiro atoms. The minimum absolute atomic E-state index is 0.0279. The third-order valence-electron chi connectivity index (χ3n) is 2.81. The summed E-state index contributed by atoms with van der Waals surface area (Å²) in [7, 11) is -3.05. The summed E-state index contributed by atoms with van der Waals surface area (Å²) in [5.41, 5.74) is 1.03. The Kier molecular flexibility index (Phi) is 5.82. The zero-order valence-electron chi connectivity index (χ0n) is 11.7. The van der Waals surface area contributed by atoms with Crippen molar-refractivity contribution >= 4 is 9.84 Å². The Morgan fingerprint density at radius 1 is 1.16 bits per heavy atom. The first-order valence-electron chi connectivity index (χ1n) is 6.42. The minimum atomic E-state index is -3.05. The van der Waals surface area contributed by atoms with Crippen LogP contribution in [-0.4, -0.2) is 37.2 Å². The first-order valence-corrected chi connectivity index (χ1v) is 8.14. The highest BCUT2D eigenvalue weighted by Gasteiger charge is 2.15. The summed E-state index contributed by atoms with van der Waals surface area (Å²) in [5.74, 6) is 0.674. The normalized spacial score (nSPS) is 13.5. The molecule has 0 aliphatic rings. The van der Waals surface area contributed by atoms with Crippen molar-refractivity contribution in [1.82, 2.24) is 0 Å². The molecule has 1 aromatic carbocycles. The molecule has 5 heteroatoms. The van der Waals surface area contributed by atoms with Crippen molar-refractivity contribution in [3.8, 4) is 5.75 Å². The highest BCUT2D eigenvalue weighted by atomic mass is 32.2. The predicted octanol–water partition coefficient (Wildman–Crippen LogP) is 1.81. The van der Waals surface area contributed by atoms with E-state index in [1.807, 2.05) is 12.1 Å². The highest BCUT2D eigenvalue weighted by Crippen LogP contribution is 2.14. The first-order chi connectivity index (χ1) is 8.81. The molecule has 0 heterocycles. The van der Waals surface area contributed by atoms with Crippen molar-refractivity contribution in [2.24, 2.45) is 0 Å². The van der Waals surface area contributed by atoms with Crippen molar-refractivity contribution < 1.29 is 18.3 Å². The second kappa shape index (κ2) is 6.91. The lowest BCUT2D eigenvalue weighted by Crippen LogP contribution is -2.22. The van der Waals surface area contributed by atoms with E-state index in [0.29, 0.717) is 12.2 Å². The number of sulfone groups is 1. The van der Waals surface area contributed by atoms with Gasteiger partial charge in [-0.15, -0.1) is 0 Å². The zero-order valence-corrected chi connectivity index (χ0v) is 12.5. The monoisotopic (exact) mass is 286 g/mol. The topological polar surface area (TPSA) is 63.6 Å². The van der Waals surface area contributed by atoms with Crippen molar-refractivity contribution in [3.63, 3.8) is 0 Å². The number of hydrogen-bond donors (Lipinski definition) is 1. The van der Waals surface area contributed by atoms with Gasteiger partial charge in [-0.1, -0.05) is 12.1 Å². The number of benzene rings is 1. The van der Waals surface area contributed by atoms with Crippen LogP contribution in [0.25, 0.3) is 0 Å². The zero-order chi connectivity index (χ0) is 14.5. The van der Waals surface area contributed by atoms with Gasteiger partial charge < -0.3 is 9.84 Å². The number of aliphatic hydroxyl groups excluding tert-OH is 1. The molecule has 1 aromatic rings. The Balaban J connectivity index is 2.47. The third-order valence-corrected chi connectivity index (χ3v) is 4.98. The van der Waals surface area contributed by atoms with Gasteiger partial charge in [0, 0.05) is 0 Å². The van der Waals surface area contributed by atoms with Gasteiger partial charge >= 0.3 is 0 Å². The molecular weight excluding hydrogens is 264 g/mol. The Bertz CT molecular complexity index is 475. The van der Waals surface area contributed by atoms with Crippen molar-refractivity contribution in [1.29, 1.82) is 0 Å². The Hall–Kier alpha value is -1.07. The second-order valence-electron chi connectivity index (χ2n) is 4.96. The van der Waals surface area contributed by atoms with Crippen molar-refractivity contribution in [2.75, 3.05) is 12.4 Å². The van der Waals surface area contributed by atoms with E-state index in [4.69, 9.17) is 4.74 Å². The van der Waals surface area contributed by atoms with Crippen molar-refractivity contribution in [3.05, 3.63) is 29.8 Å². The lowest BCUT2D eigenvalue weighted by molar-refractivity contribution is 0.195. The molecule has 1 atom stereocenters. The summed E-state index contributed by atoms with van der Waals surface area (Å²) in [5, 5.41) is 8.89. The molecule has 4 nitrogen and oxygen atoms in total. The molecule has 1 rings (SSSR count). The van der Waals surface area contributed by atoms with Crippen LogP contribution in [0.5, 0.6) is 5.75 Å². The molecule has 0 aliphatic heterocycles. The molecule has 0 bridgehead atoms. The lowest BCUT2D eigenvalue weighted by atomic mass is 10.1. The molecule has 0 aromatic heterocycles. The predicted molar refractivity (Wildman–Crippen MR) is 76.2 cm³/mol. The van der Waals surface area contributed by atoms with Gasteiger partial charge in [0.25, 0.3) is 0 Å². The van der Waals surface area contributed by atoms with Gasteiger partial charge in [0.05, 0.1) is 17.1 Å². The summed E-state index contributed by atoms with van der Waals surface area (Å²) in [6.07, 6.45) is 0.227. The fourth-order valence-corrected chi connectivity index (χ4v) is 2.36. The van der Waals surface area contributed by atoms with E-state index >= 15 is 0 Å². The summed E-state index contributed by atoms with van der Waals surface area (Å²) in [4.78, 5) is 0. The molecule has 108 valence electrons. The molecule has 0 saturated carbocycles. The van der Waals surface area contributed by atoms with Gasteiger partial charge in [0.1, 0.15) is 12.4 Å². The van der Waals surface area contributed by atoms with Gasteiger partial charge in [-0.3, -0.25) is 0 Å². The SMILES string of the molecule is CC(O)Cc1ccc(OCCS(=O)(=O)C(C)C)cc1. The smallest absolute Gasteiger partial charge is 0.155 e.